The fourth-order valence-electron chi connectivity index (χ4n) is 3.72. The number of aromatic nitrogens is 3. The fraction of sp³-hybridized carbons (Fsp3) is 0.208. The van der Waals surface area contributed by atoms with E-state index >= 15 is 0 Å². The van der Waals surface area contributed by atoms with Crippen LogP contribution >= 0.6 is 0 Å². The van der Waals surface area contributed by atoms with E-state index in [-0.39, 0.29) is 33.6 Å². The summed E-state index contributed by atoms with van der Waals surface area (Å²) < 4.78 is 74.2. The third-order valence-corrected chi connectivity index (χ3v) is 7.79. The third kappa shape index (κ3) is 7.00. The summed E-state index contributed by atoms with van der Waals surface area (Å²) in [4.78, 5) is 13.3. The molecule has 0 saturated heterocycles. The van der Waals surface area contributed by atoms with E-state index in [2.05, 4.69) is 25.6 Å². The molecule has 0 unspecified atom stereocenters. The largest absolute Gasteiger partial charge is 0.361 e. The molecule has 2 aromatic carbocycles. The van der Waals surface area contributed by atoms with Crippen molar-refractivity contribution in [2.24, 2.45) is 10.9 Å². The molecule has 2 heterocycles. The summed E-state index contributed by atoms with van der Waals surface area (Å²) in [5, 5.41) is 10.6. The van der Waals surface area contributed by atoms with Crippen molar-refractivity contribution in [3.05, 3.63) is 65.7 Å². The Bertz CT molecular complexity index is 1760. The summed E-state index contributed by atoms with van der Waals surface area (Å²) in [6, 6.07) is 10.4. The number of sulfone groups is 1. The molecule has 4 rings (SSSR count). The molecule has 15 heteroatoms. The van der Waals surface area contributed by atoms with E-state index in [1.165, 1.54) is 18.2 Å². The molecule has 0 atom stereocenters. The van der Waals surface area contributed by atoms with Crippen LogP contribution in [0, 0.1) is 6.92 Å². The van der Waals surface area contributed by atoms with Crippen LogP contribution in [0.3, 0.4) is 0 Å². The second-order valence-corrected chi connectivity index (χ2v) is 12.4. The first-order chi connectivity index (χ1) is 18.1. The van der Waals surface area contributed by atoms with Gasteiger partial charge in [0.1, 0.15) is 5.52 Å². The number of hydrogen-bond acceptors (Lipinski definition) is 10. The normalized spacial score (nSPS) is 12.5. The number of pyridine rings is 1. The van der Waals surface area contributed by atoms with Crippen molar-refractivity contribution < 1.29 is 25.6 Å². The lowest BCUT2D eigenvalue weighted by atomic mass is 10.1. The van der Waals surface area contributed by atoms with Crippen LogP contribution < -0.4 is 21.5 Å². The van der Waals surface area contributed by atoms with Crippen LogP contribution in [0.5, 0.6) is 0 Å². The summed E-state index contributed by atoms with van der Waals surface area (Å²) in [6.45, 7) is 0.939. The van der Waals surface area contributed by atoms with Gasteiger partial charge in [-0.05, 0) is 48.4 Å². The number of nitrogens with zero attached hydrogens (tertiary/aromatic N) is 3. The Hall–Kier alpha value is -3.79. The minimum Gasteiger partial charge on any atom is -0.361 e. The van der Waals surface area contributed by atoms with Crippen LogP contribution in [0.2, 0.25) is 0 Å². The van der Waals surface area contributed by atoms with Gasteiger partial charge in [0.05, 0.1) is 27.5 Å². The minimum atomic E-state index is -3.83. The highest BCUT2D eigenvalue weighted by molar-refractivity contribution is 7.90. The smallest absolute Gasteiger partial charge is 0.317 e. The molecule has 0 amide bonds. The number of benzene rings is 2. The van der Waals surface area contributed by atoms with E-state index in [9.17, 15) is 25.6 Å². The van der Waals surface area contributed by atoms with Crippen molar-refractivity contribution in [3.8, 4) is 11.3 Å². The molecule has 206 valence electrons. The molecule has 0 aliphatic rings. The standard InChI is InChI=1S/C24H25F2N7O4S2/c1-14-3-6-16(11-20(14)38(2,34)35)18-9-10-19-21(31-18)22(30-13-24(25,26)27)33-23(32-19)29-12-15-4-7-17(8-5-15)39(28,36)37/h3-11H,12-13,27H2,1-2H3,(H2,28,36,37)(H2,29,30,32,33). The van der Waals surface area contributed by atoms with Crippen LogP contribution in [0.4, 0.5) is 20.5 Å². The number of nitrogens with one attached hydrogen (secondary N) is 2. The molecule has 0 radical (unpaired) electrons. The molecule has 0 aliphatic carbocycles. The molecule has 4 aromatic rings. The number of aryl methyl sites for hydroxylation is 1. The number of fused-ring (bicyclic) bond motifs is 1. The van der Waals surface area contributed by atoms with Gasteiger partial charge in [0, 0.05) is 18.4 Å². The maximum Gasteiger partial charge on any atom is 0.317 e. The topological polar surface area (TPSA) is 183 Å². The number of primary sulfonamides is 1. The summed E-state index contributed by atoms with van der Waals surface area (Å²) in [5.41, 5.74) is 7.49. The Labute approximate surface area is 223 Å². The van der Waals surface area contributed by atoms with Crippen molar-refractivity contribution in [3.63, 3.8) is 0 Å². The number of rotatable bonds is 9. The summed E-state index contributed by atoms with van der Waals surface area (Å²) in [6.07, 6.45) is 1.11. The first-order valence-corrected chi connectivity index (χ1v) is 14.8. The van der Waals surface area contributed by atoms with E-state index in [1.54, 1.807) is 43.3 Å². The Morgan fingerprint density at radius 3 is 2.23 bits per heavy atom. The van der Waals surface area contributed by atoms with E-state index in [0.717, 1.165) is 6.26 Å². The van der Waals surface area contributed by atoms with Crippen LogP contribution in [0.15, 0.2) is 64.4 Å². The molecule has 0 saturated carbocycles. The molecule has 0 spiro atoms. The van der Waals surface area contributed by atoms with E-state index in [4.69, 9.17) is 10.9 Å². The van der Waals surface area contributed by atoms with Crippen molar-refractivity contribution in [2.45, 2.75) is 29.3 Å². The SMILES string of the molecule is Cc1ccc(-c2ccc3nc(NCc4ccc(S(N)(=O)=O)cc4)nc(NCC(N)(F)F)c3n2)cc1S(C)(=O)=O. The summed E-state index contributed by atoms with van der Waals surface area (Å²) >= 11 is 0. The highest BCUT2D eigenvalue weighted by atomic mass is 32.2. The molecule has 2 aromatic heterocycles. The zero-order valence-corrected chi connectivity index (χ0v) is 22.4. The van der Waals surface area contributed by atoms with Gasteiger partial charge < -0.3 is 10.6 Å². The highest BCUT2D eigenvalue weighted by Crippen LogP contribution is 2.28. The van der Waals surface area contributed by atoms with Gasteiger partial charge in [0.15, 0.2) is 15.7 Å². The van der Waals surface area contributed by atoms with Crippen LogP contribution in [0.25, 0.3) is 22.3 Å². The van der Waals surface area contributed by atoms with Gasteiger partial charge in [-0.15, -0.1) is 0 Å². The lowest BCUT2D eigenvalue weighted by Crippen LogP contribution is -2.36. The number of nitrogens with two attached hydrogens (primary N) is 2. The molecule has 39 heavy (non-hydrogen) atoms. The van der Waals surface area contributed by atoms with Crippen molar-refractivity contribution >= 4 is 42.7 Å². The third-order valence-electron chi connectivity index (χ3n) is 5.62. The number of sulfonamides is 1. The number of anilines is 2. The molecule has 6 N–H and O–H groups in total. The monoisotopic (exact) mass is 577 g/mol. The first kappa shape index (κ1) is 28.2. The molecular weight excluding hydrogens is 552 g/mol. The van der Waals surface area contributed by atoms with Crippen molar-refractivity contribution in [1.82, 2.24) is 15.0 Å². The van der Waals surface area contributed by atoms with E-state index in [1.807, 2.05) is 0 Å². The van der Waals surface area contributed by atoms with Gasteiger partial charge >= 0.3 is 6.05 Å². The average molecular weight is 578 g/mol. The number of halogens is 2. The van der Waals surface area contributed by atoms with E-state index < -0.39 is 32.5 Å². The second-order valence-electron chi connectivity index (χ2n) is 8.87. The van der Waals surface area contributed by atoms with Crippen molar-refractivity contribution in [1.29, 1.82) is 0 Å². The predicted molar refractivity (Wildman–Crippen MR) is 143 cm³/mol. The second kappa shape index (κ2) is 10.4. The Morgan fingerprint density at radius 2 is 1.62 bits per heavy atom. The van der Waals surface area contributed by atoms with Crippen LogP contribution in [0.1, 0.15) is 11.1 Å². The maximum absolute atomic E-state index is 13.5. The molecule has 0 fully saturated rings. The van der Waals surface area contributed by atoms with Gasteiger partial charge in [-0.25, -0.2) is 31.9 Å². The maximum atomic E-state index is 13.5. The lowest BCUT2D eigenvalue weighted by Gasteiger charge is -2.15. The Kier molecular flexibility index (Phi) is 7.53. The lowest BCUT2D eigenvalue weighted by molar-refractivity contribution is 0.0227. The van der Waals surface area contributed by atoms with Gasteiger partial charge in [-0.1, -0.05) is 24.3 Å². The fourth-order valence-corrected chi connectivity index (χ4v) is 5.23. The van der Waals surface area contributed by atoms with E-state index in [0.29, 0.717) is 27.9 Å². The molecule has 0 aliphatic heterocycles. The predicted octanol–water partition coefficient (Wildman–Crippen LogP) is 2.63. The number of alkyl halides is 2. The van der Waals surface area contributed by atoms with Gasteiger partial charge in [-0.2, -0.15) is 13.8 Å². The van der Waals surface area contributed by atoms with Crippen LogP contribution in [-0.2, 0) is 26.4 Å². The summed E-state index contributed by atoms with van der Waals surface area (Å²) in [7, 11) is -7.32. The first-order valence-electron chi connectivity index (χ1n) is 11.4. The van der Waals surface area contributed by atoms with Crippen molar-refractivity contribution in [2.75, 3.05) is 23.4 Å². The Balaban J connectivity index is 1.70. The molecule has 0 bridgehead atoms. The Morgan fingerprint density at radius 1 is 0.923 bits per heavy atom. The van der Waals surface area contributed by atoms with Gasteiger partial charge in [0.25, 0.3) is 0 Å². The highest BCUT2D eigenvalue weighted by Gasteiger charge is 2.23. The zero-order valence-electron chi connectivity index (χ0n) is 20.8. The van der Waals surface area contributed by atoms with Gasteiger partial charge in [-0.3, -0.25) is 5.73 Å². The number of hydrogen-bond donors (Lipinski definition) is 4. The summed E-state index contributed by atoms with van der Waals surface area (Å²) in [5.74, 6) is 0.0691. The zero-order chi connectivity index (χ0) is 28.6. The van der Waals surface area contributed by atoms with Gasteiger partial charge in [0.2, 0.25) is 16.0 Å². The van der Waals surface area contributed by atoms with Crippen LogP contribution in [-0.4, -0.2) is 50.6 Å². The molecular formula is C24H25F2N7O4S2. The molecule has 11 nitrogen and oxygen atoms in total. The minimum absolute atomic E-state index is 0.0190. The quantitative estimate of drug-likeness (QED) is 0.216. The average Bonchev–Trinajstić information content (AvgIpc) is 2.84.